The van der Waals surface area contributed by atoms with Crippen LogP contribution >= 0.6 is 15.9 Å². The van der Waals surface area contributed by atoms with Crippen LogP contribution in [0, 0.1) is 5.92 Å². The minimum absolute atomic E-state index is 0.497. The third-order valence-electron chi connectivity index (χ3n) is 3.62. The summed E-state index contributed by atoms with van der Waals surface area (Å²) in [7, 11) is 2.16. The second kappa shape index (κ2) is 4.62. The molecule has 1 aliphatic heterocycles. The highest BCUT2D eigenvalue weighted by Gasteiger charge is 2.26. The summed E-state index contributed by atoms with van der Waals surface area (Å²) in [6.45, 7) is 6.45. The third-order valence-corrected chi connectivity index (χ3v) is 4.15. The van der Waals surface area contributed by atoms with Gasteiger partial charge < -0.3 is 4.90 Å². The molecule has 2 atom stereocenters. The molecule has 0 aromatic heterocycles. The summed E-state index contributed by atoms with van der Waals surface area (Å²) in [5.41, 5.74) is 2.65. The van der Waals surface area contributed by atoms with Crippen LogP contribution in [0.4, 0.5) is 0 Å². The molecule has 0 bridgehead atoms. The molecule has 0 aliphatic carbocycles. The lowest BCUT2D eigenvalue weighted by Crippen LogP contribution is -2.31. The molecule has 1 nitrogen and oxygen atoms in total. The lowest BCUT2D eigenvalue weighted by Gasteiger charge is -2.39. The molecule has 2 rings (SSSR count). The number of halogens is 1. The van der Waals surface area contributed by atoms with Gasteiger partial charge in [0, 0.05) is 17.2 Å². The Labute approximate surface area is 106 Å². The lowest BCUT2D eigenvalue weighted by molar-refractivity contribution is 0.208. The summed E-state index contributed by atoms with van der Waals surface area (Å²) < 4.78 is 1.14. The van der Waals surface area contributed by atoms with E-state index in [1.165, 1.54) is 24.1 Å². The summed E-state index contributed by atoms with van der Waals surface area (Å²) in [5.74, 6) is 0.622. The van der Waals surface area contributed by atoms with Crippen LogP contribution in [0.15, 0.2) is 41.0 Å². The van der Waals surface area contributed by atoms with Gasteiger partial charge in [-0.1, -0.05) is 41.6 Å². The van der Waals surface area contributed by atoms with Gasteiger partial charge in [-0.15, -0.1) is 0 Å². The fourth-order valence-electron chi connectivity index (χ4n) is 2.39. The minimum Gasteiger partial charge on any atom is -0.371 e. The fourth-order valence-corrected chi connectivity index (χ4v) is 2.66. The largest absolute Gasteiger partial charge is 0.371 e. The smallest absolute Gasteiger partial charge is 0.0536 e. The van der Waals surface area contributed by atoms with E-state index in [4.69, 9.17) is 0 Å². The van der Waals surface area contributed by atoms with Crippen LogP contribution in [0.3, 0.4) is 0 Å². The molecule has 0 spiro atoms. The average Bonchev–Trinajstić information content (AvgIpc) is 2.28. The highest BCUT2D eigenvalue weighted by atomic mass is 79.9. The van der Waals surface area contributed by atoms with Gasteiger partial charge in [0.1, 0.15) is 0 Å². The zero-order chi connectivity index (χ0) is 11.7. The first-order chi connectivity index (χ1) is 7.59. The average molecular weight is 280 g/mol. The standard InChI is InChI=1S/C14H18BrN/c1-10-4-9-14(16(3)11(10)2)12-5-7-13(15)8-6-12/h5-8,10,14H,2,4,9H2,1,3H3/t10-,14+/m0/s1. The quantitative estimate of drug-likeness (QED) is 0.738. The highest BCUT2D eigenvalue weighted by Crippen LogP contribution is 2.37. The van der Waals surface area contributed by atoms with Crippen LogP contribution < -0.4 is 0 Å². The molecule has 0 radical (unpaired) electrons. The molecule has 0 unspecified atom stereocenters. The van der Waals surface area contributed by atoms with E-state index in [9.17, 15) is 0 Å². The van der Waals surface area contributed by atoms with E-state index in [1.807, 2.05) is 0 Å². The van der Waals surface area contributed by atoms with Crippen molar-refractivity contribution in [3.8, 4) is 0 Å². The molecular weight excluding hydrogens is 262 g/mol. The third kappa shape index (κ3) is 2.17. The molecular formula is C14H18BrN. The molecule has 1 heterocycles. The zero-order valence-electron chi connectivity index (χ0n) is 9.91. The number of benzene rings is 1. The van der Waals surface area contributed by atoms with Crippen molar-refractivity contribution in [3.05, 3.63) is 46.6 Å². The van der Waals surface area contributed by atoms with Gasteiger partial charge in [-0.25, -0.2) is 0 Å². The normalized spacial score (nSPS) is 25.9. The first-order valence-electron chi connectivity index (χ1n) is 5.76. The summed E-state index contributed by atoms with van der Waals surface area (Å²) in [5, 5.41) is 0. The van der Waals surface area contributed by atoms with Crippen molar-refractivity contribution >= 4 is 15.9 Å². The number of hydrogen-bond acceptors (Lipinski definition) is 1. The molecule has 0 saturated carbocycles. The maximum Gasteiger partial charge on any atom is 0.0536 e. The van der Waals surface area contributed by atoms with Crippen molar-refractivity contribution in [3.63, 3.8) is 0 Å². The lowest BCUT2D eigenvalue weighted by atomic mass is 9.88. The number of likely N-dealkylation sites (tertiary alicyclic amines) is 1. The zero-order valence-corrected chi connectivity index (χ0v) is 11.5. The maximum atomic E-state index is 4.19. The number of nitrogens with zero attached hydrogens (tertiary/aromatic N) is 1. The Morgan fingerprint density at radius 2 is 1.88 bits per heavy atom. The summed E-state index contributed by atoms with van der Waals surface area (Å²) >= 11 is 3.47. The van der Waals surface area contributed by atoms with E-state index in [1.54, 1.807) is 0 Å². The van der Waals surface area contributed by atoms with Crippen LogP contribution in [-0.4, -0.2) is 11.9 Å². The summed E-state index contributed by atoms with van der Waals surface area (Å²) in [4.78, 5) is 2.33. The second-order valence-corrected chi connectivity index (χ2v) is 5.56. The van der Waals surface area contributed by atoms with Crippen LogP contribution in [0.5, 0.6) is 0 Å². The molecule has 16 heavy (non-hydrogen) atoms. The van der Waals surface area contributed by atoms with Crippen LogP contribution in [0.2, 0.25) is 0 Å². The Kier molecular flexibility index (Phi) is 3.38. The van der Waals surface area contributed by atoms with Crippen molar-refractivity contribution in [1.82, 2.24) is 4.90 Å². The Hall–Kier alpha value is -0.760. The predicted octanol–water partition coefficient (Wildman–Crippen LogP) is 4.37. The van der Waals surface area contributed by atoms with E-state index >= 15 is 0 Å². The van der Waals surface area contributed by atoms with Gasteiger partial charge in [-0.3, -0.25) is 0 Å². The number of hydrogen-bond donors (Lipinski definition) is 0. The van der Waals surface area contributed by atoms with Gasteiger partial charge in [0.25, 0.3) is 0 Å². The minimum atomic E-state index is 0.497. The van der Waals surface area contributed by atoms with Gasteiger partial charge >= 0.3 is 0 Å². The molecule has 1 aromatic rings. The molecule has 1 saturated heterocycles. The van der Waals surface area contributed by atoms with E-state index in [0.29, 0.717) is 12.0 Å². The van der Waals surface area contributed by atoms with E-state index in [2.05, 4.69) is 65.6 Å². The molecule has 2 heteroatoms. The van der Waals surface area contributed by atoms with Crippen molar-refractivity contribution in [1.29, 1.82) is 0 Å². The number of rotatable bonds is 1. The molecule has 1 aliphatic rings. The van der Waals surface area contributed by atoms with Crippen LogP contribution in [0.1, 0.15) is 31.4 Å². The Bertz CT molecular complexity index is 382. The topological polar surface area (TPSA) is 3.24 Å². The number of allylic oxidation sites excluding steroid dienone is 1. The molecule has 0 N–H and O–H groups in total. The van der Waals surface area contributed by atoms with E-state index in [-0.39, 0.29) is 0 Å². The van der Waals surface area contributed by atoms with E-state index in [0.717, 1.165) is 4.47 Å². The van der Waals surface area contributed by atoms with Gasteiger partial charge in [0.15, 0.2) is 0 Å². The number of piperidine rings is 1. The van der Waals surface area contributed by atoms with Crippen molar-refractivity contribution in [2.45, 2.75) is 25.8 Å². The van der Waals surface area contributed by atoms with Crippen molar-refractivity contribution < 1.29 is 0 Å². The fraction of sp³-hybridized carbons (Fsp3) is 0.429. The Morgan fingerprint density at radius 1 is 1.25 bits per heavy atom. The molecule has 0 amide bonds. The predicted molar refractivity (Wildman–Crippen MR) is 72.2 cm³/mol. The van der Waals surface area contributed by atoms with E-state index < -0.39 is 0 Å². The van der Waals surface area contributed by atoms with Gasteiger partial charge in [-0.05, 0) is 36.5 Å². The SMILES string of the molecule is C=C1[C@@H](C)CC[C@H](c2ccc(Br)cc2)N1C. The Balaban J connectivity index is 2.21. The molecule has 1 fully saturated rings. The van der Waals surface area contributed by atoms with Gasteiger partial charge in [-0.2, -0.15) is 0 Å². The van der Waals surface area contributed by atoms with Crippen molar-refractivity contribution in [2.75, 3.05) is 7.05 Å². The van der Waals surface area contributed by atoms with Gasteiger partial charge in [0.05, 0.1) is 6.04 Å². The summed E-state index contributed by atoms with van der Waals surface area (Å²) in [6.07, 6.45) is 2.46. The first-order valence-corrected chi connectivity index (χ1v) is 6.56. The van der Waals surface area contributed by atoms with Gasteiger partial charge in [0.2, 0.25) is 0 Å². The van der Waals surface area contributed by atoms with Crippen LogP contribution in [0.25, 0.3) is 0 Å². The molecule has 1 aromatic carbocycles. The molecule has 86 valence electrons. The highest BCUT2D eigenvalue weighted by molar-refractivity contribution is 9.10. The Morgan fingerprint density at radius 3 is 2.50 bits per heavy atom. The van der Waals surface area contributed by atoms with Crippen molar-refractivity contribution in [2.24, 2.45) is 5.92 Å². The maximum absolute atomic E-state index is 4.19. The summed E-state index contributed by atoms with van der Waals surface area (Å²) in [6, 6.07) is 9.13. The first kappa shape index (κ1) is 11.7. The monoisotopic (exact) mass is 279 g/mol. The van der Waals surface area contributed by atoms with Crippen LogP contribution in [-0.2, 0) is 0 Å². The second-order valence-electron chi connectivity index (χ2n) is 4.65.